The van der Waals surface area contributed by atoms with Crippen molar-refractivity contribution in [2.75, 3.05) is 0 Å². The van der Waals surface area contributed by atoms with Crippen LogP contribution in [0.1, 0.15) is 116 Å². The molecule has 0 radical (unpaired) electrons. The fraction of sp³-hybridized carbons (Fsp3) is 0.759. The summed E-state index contributed by atoms with van der Waals surface area (Å²) >= 11 is 0. The van der Waals surface area contributed by atoms with Gasteiger partial charge in [0.25, 0.3) is 0 Å². The molecule has 0 bridgehead atoms. The van der Waals surface area contributed by atoms with Gasteiger partial charge in [0.1, 0.15) is 5.75 Å². The van der Waals surface area contributed by atoms with Gasteiger partial charge < -0.3 is 4.74 Å². The SMILES string of the molecule is CC.CC1CCC(c2ccc(OC3CCC(C4CCC(C)CC4)CC3)cc2)CC1.[C-]#[O+]. The molecule has 0 unspecified atom stereocenters. The molecule has 1 aromatic rings. The Labute approximate surface area is 192 Å². The topological polar surface area (TPSA) is 29.1 Å². The molecule has 0 saturated heterocycles. The molecule has 31 heavy (non-hydrogen) atoms. The Morgan fingerprint density at radius 1 is 0.645 bits per heavy atom. The van der Waals surface area contributed by atoms with Gasteiger partial charge in [-0.3, -0.25) is 0 Å². The molecule has 174 valence electrons. The zero-order chi connectivity index (χ0) is 22.6. The van der Waals surface area contributed by atoms with Gasteiger partial charge in [0.15, 0.2) is 0 Å². The molecule has 0 aliphatic heterocycles. The van der Waals surface area contributed by atoms with E-state index in [0.717, 1.165) is 35.3 Å². The van der Waals surface area contributed by atoms with E-state index < -0.39 is 0 Å². The summed E-state index contributed by atoms with van der Waals surface area (Å²) < 4.78 is 13.9. The zero-order valence-electron chi connectivity index (χ0n) is 20.6. The van der Waals surface area contributed by atoms with E-state index in [1.165, 1.54) is 82.6 Å². The molecule has 0 N–H and O–H groups in total. The second-order valence-corrected chi connectivity index (χ2v) is 10.2. The summed E-state index contributed by atoms with van der Waals surface area (Å²) in [6.07, 6.45) is 17.2. The van der Waals surface area contributed by atoms with E-state index in [1.54, 1.807) is 0 Å². The van der Waals surface area contributed by atoms with Crippen molar-refractivity contribution < 1.29 is 9.39 Å². The van der Waals surface area contributed by atoms with Gasteiger partial charge in [-0.2, -0.15) is 0 Å². The number of benzene rings is 1. The number of rotatable bonds is 4. The van der Waals surface area contributed by atoms with Crippen molar-refractivity contribution in [3.8, 4) is 5.75 Å². The molecule has 0 spiro atoms. The summed E-state index contributed by atoms with van der Waals surface area (Å²) in [6.45, 7) is 13.3. The molecule has 2 nitrogen and oxygen atoms in total. The van der Waals surface area contributed by atoms with E-state index in [9.17, 15) is 0 Å². The molecule has 3 fully saturated rings. The summed E-state index contributed by atoms with van der Waals surface area (Å²) in [5.41, 5.74) is 1.53. The fourth-order valence-electron chi connectivity index (χ4n) is 6.04. The van der Waals surface area contributed by atoms with Crippen LogP contribution in [0.25, 0.3) is 0 Å². The molecular weight excluding hydrogens is 380 g/mol. The van der Waals surface area contributed by atoms with Crippen molar-refractivity contribution in [2.45, 2.75) is 117 Å². The van der Waals surface area contributed by atoms with Crippen LogP contribution in [0, 0.1) is 30.3 Å². The van der Waals surface area contributed by atoms with Gasteiger partial charge in [-0.1, -0.05) is 65.5 Å². The summed E-state index contributed by atoms with van der Waals surface area (Å²) in [6, 6.07) is 9.15. The second kappa shape index (κ2) is 14.0. The molecule has 4 rings (SSSR count). The average Bonchev–Trinajstić information content (AvgIpc) is 2.84. The van der Waals surface area contributed by atoms with Crippen molar-refractivity contribution in [2.24, 2.45) is 23.7 Å². The molecule has 1 aromatic carbocycles. The Morgan fingerprint density at radius 3 is 1.55 bits per heavy atom. The first-order valence-corrected chi connectivity index (χ1v) is 13.1. The molecule has 3 aliphatic rings. The minimum absolute atomic E-state index is 0.449. The summed E-state index contributed by atoms with van der Waals surface area (Å²) in [5.74, 6) is 5.77. The van der Waals surface area contributed by atoms with Crippen LogP contribution >= 0.6 is 0 Å². The number of ether oxygens (including phenoxy) is 1. The molecule has 3 saturated carbocycles. The monoisotopic (exact) mass is 426 g/mol. The van der Waals surface area contributed by atoms with Crippen molar-refractivity contribution >= 4 is 0 Å². The van der Waals surface area contributed by atoms with Crippen LogP contribution in [-0.4, -0.2) is 6.10 Å². The molecule has 0 aromatic heterocycles. The van der Waals surface area contributed by atoms with Crippen molar-refractivity contribution in [1.29, 1.82) is 0 Å². The first-order valence-electron chi connectivity index (χ1n) is 13.1. The molecule has 0 atom stereocenters. The van der Waals surface area contributed by atoms with Crippen molar-refractivity contribution in [3.05, 3.63) is 36.5 Å². The first kappa shape index (κ1) is 26.0. The third-order valence-corrected chi connectivity index (χ3v) is 8.12. The van der Waals surface area contributed by atoms with Gasteiger partial charge in [-0.25, -0.2) is 0 Å². The van der Waals surface area contributed by atoms with E-state index in [1.807, 2.05) is 13.8 Å². The van der Waals surface area contributed by atoms with Crippen LogP contribution in [0.15, 0.2) is 24.3 Å². The fourth-order valence-corrected chi connectivity index (χ4v) is 6.04. The molecule has 0 amide bonds. The molecular formula is C29H46O2. The Bertz CT molecular complexity index is 595. The van der Waals surface area contributed by atoms with Gasteiger partial charge in [0, 0.05) is 0 Å². The first-order chi connectivity index (χ1) is 15.2. The van der Waals surface area contributed by atoms with Crippen LogP contribution in [0.5, 0.6) is 5.75 Å². The van der Waals surface area contributed by atoms with Crippen LogP contribution in [-0.2, 0) is 4.65 Å². The van der Waals surface area contributed by atoms with Crippen LogP contribution in [0.2, 0.25) is 0 Å². The van der Waals surface area contributed by atoms with Crippen LogP contribution < -0.4 is 4.74 Å². The molecule has 3 aliphatic carbocycles. The van der Waals surface area contributed by atoms with Gasteiger partial charge in [0.2, 0.25) is 0 Å². The maximum atomic E-state index is 7.50. The standard InChI is InChI=1S/C26H40O.C2H6.CO/c1-19-3-7-21(8-4-19)23-11-15-25(16-12-23)27-26-17-13-24(14-18-26)22-9-5-20(2)6-10-22;2*1-2/h11-12,15-16,19-22,24,26H,3-10,13-14,17-18H2,1-2H3;1-2H3;. The van der Waals surface area contributed by atoms with E-state index >= 15 is 0 Å². The van der Waals surface area contributed by atoms with E-state index in [-0.39, 0.29) is 0 Å². The Morgan fingerprint density at radius 2 is 1.06 bits per heavy atom. The minimum atomic E-state index is 0.449. The quantitative estimate of drug-likeness (QED) is 0.349. The van der Waals surface area contributed by atoms with Gasteiger partial charge in [-0.15, -0.1) is 0 Å². The third-order valence-electron chi connectivity index (χ3n) is 8.12. The van der Waals surface area contributed by atoms with Crippen LogP contribution in [0.3, 0.4) is 0 Å². The molecule has 0 heterocycles. The van der Waals surface area contributed by atoms with E-state index in [2.05, 4.69) is 44.8 Å². The Balaban J connectivity index is 0.000000807. The Hall–Kier alpha value is -1.24. The molecule has 2 heteroatoms. The number of hydrogen-bond donors (Lipinski definition) is 0. The van der Waals surface area contributed by atoms with Crippen LogP contribution in [0.4, 0.5) is 0 Å². The predicted octanol–water partition coefficient (Wildman–Crippen LogP) is 8.73. The normalized spacial score (nSPS) is 33.1. The van der Waals surface area contributed by atoms with Crippen molar-refractivity contribution in [1.82, 2.24) is 0 Å². The Kier molecular flexibility index (Phi) is 11.8. The van der Waals surface area contributed by atoms with E-state index in [0.29, 0.717) is 6.10 Å². The van der Waals surface area contributed by atoms with Gasteiger partial charge >= 0.3 is 11.3 Å². The summed E-state index contributed by atoms with van der Waals surface area (Å²) in [5, 5.41) is 0. The van der Waals surface area contributed by atoms with Crippen molar-refractivity contribution in [3.63, 3.8) is 0 Å². The van der Waals surface area contributed by atoms with Gasteiger partial charge in [-0.05, 0) is 98.7 Å². The van der Waals surface area contributed by atoms with E-state index in [4.69, 9.17) is 9.39 Å². The second-order valence-electron chi connectivity index (χ2n) is 10.2. The third kappa shape index (κ3) is 7.99. The summed E-state index contributed by atoms with van der Waals surface area (Å²) in [4.78, 5) is 0. The zero-order valence-corrected chi connectivity index (χ0v) is 20.6. The summed E-state index contributed by atoms with van der Waals surface area (Å²) in [7, 11) is 0. The average molecular weight is 427 g/mol. The predicted molar refractivity (Wildman–Crippen MR) is 130 cm³/mol. The maximum absolute atomic E-state index is 7.50. The van der Waals surface area contributed by atoms with Gasteiger partial charge in [0.05, 0.1) is 6.10 Å². The number of hydrogen-bond acceptors (Lipinski definition) is 1.